The van der Waals surface area contributed by atoms with Gasteiger partial charge in [-0.25, -0.2) is 0 Å². The van der Waals surface area contributed by atoms with Crippen molar-refractivity contribution in [3.8, 4) is 28.7 Å². The molecule has 4 aromatic carbocycles. The SMILES string of the molecule is CC(C)=CC1CC(C)(C=Cc2cc(C=Cc3cc(O)cc(O)c3)ccc2O)Oc2cc(C=Cc3ccc(O)cc3)ccc21. The molecule has 5 nitrogen and oxygen atoms in total. The summed E-state index contributed by atoms with van der Waals surface area (Å²) >= 11 is 0. The van der Waals surface area contributed by atoms with Gasteiger partial charge in [-0.15, -0.1) is 0 Å². The number of fused-ring (bicyclic) bond motifs is 1. The number of hydrogen-bond acceptors (Lipinski definition) is 5. The van der Waals surface area contributed by atoms with E-state index in [4.69, 9.17) is 4.74 Å². The maximum atomic E-state index is 10.6. The summed E-state index contributed by atoms with van der Waals surface area (Å²) in [5.41, 5.74) is 5.91. The van der Waals surface area contributed by atoms with Gasteiger partial charge < -0.3 is 25.2 Å². The third kappa shape index (κ3) is 7.57. The number of ether oxygens (including phenoxy) is 1. The fourth-order valence-electron chi connectivity index (χ4n) is 5.30. The Bertz CT molecular complexity index is 1720. The van der Waals surface area contributed by atoms with Gasteiger partial charge in [0.1, 0.15) is 34.3 Å². The van der Waals surface area contributed by atoms with Crippen molar-refractivity contribution in [2.45, 2.75) is 38.7 Å². The molecule has 0 amide bonds. The van der Waals surface area contributed by atoms with Crippen LogP contribution in [0.2, 0.25) is 0 Å². The molecular weight excluding hydrogens is 536 g/mol. The number of phenolic OH excluding ortho intramolecular Hbond substituents is 4. The lowest BCUT2D eigenvalue weighted by atomic mass is 9.81. The minimum atomic E-state index is -0.625. The summed E-state index contributed by atoms with van der Waals surface area (Å²) in [6.45, 7) is 6.27. The summed E-state index contributed by atoms with van der Waals surface area (Å²) in [4.78, 5) is 0. The van der Waals surface area contributed by atoms with E-state index in [9.17, 15) is 20.4 Å². The number of rotatable bonds is 7. The largest absolute Gasteiger partial charge is 0.508 e. The van der Waals surface area contributed by atoms with E-state index in [0.29, 0.717) is 11.1 Å². The molecule has 1 heterocycles. The van der Waals surface area contributed by atoms with Gasteiger partial charge in [-0.2, -0.15) is 0 Å². The number of phenols is 4. The van der Waals surface area contributed by atoms with Crippen LogP contribution in [0.15, 0.2) is 96.6 Å². The predicted molar refractivity (Wildman–Crippen MR) is 175 cm³/mol. The van der Waals surface area contributed by atoms with Crippen LogP contribution >= 0.6 is 0 Å². The number of benzene rings is 4. The Balaban J connectivity index is 1.41. The van der Waals surface area contributed by atoms with Crippen molar-refractivity contribution in [3.05, 3.63) is 130 Å². The van der Waals surface area contributed by atoms with Crippen LogP contribution in [0.4, 0.5) is 0 Å². The number of hydrogen-bond donors (Lipinski definition) is 4. The molecule has 5 rings (SSSR count). The Morgan fingerprint density at radius 2 is 1.28 bits per heavy atom. The summed E-state index contributed by atoms with van der Waals surface area (Å²) in [5.74, 6) is 1.36. The highest BCUT2D eigenvalue weighted by molar-refractivity contribution is 5.74. The van der Waals surface area contributed by atoms with E-state index in [2.05, 4.69) is 45.0 Å². The molecule has 2 unspecified atom stereocenters. The second kappa shape index (κ2) is 12.4. The van der Waals surface area contributed by atoms with E-state index in [0.717, 1.165) is 34.4 Å². The first-order chi connectivity index (χ1) is 20.5. The Labute approximate surface area is 252 Å². The summed E-state index contributed by atoms with van der Waals surface area (Å²) in [6, 6.07) is 23.1. The quantitative estimate of drug-likeness (QED) is 0.131. The van der Waals surface area contributed by atoms with Crippen molar-refractivity contribution >= 4 is 30.4 Å². The highest BCUT2D eigenvalue weighted by Crippen LogP contribution is 2.44. The van der Waals surface area contributed by atoms with Gasteiger partial charge in [0.05, 0.1) is 0 Å². The van der Waals surface area contributed by atoms with Gasteiger partial charge in [0.2, 0.25) is 0 Å². The first-order valence-electron chi connectivity index (χ1n) is 14.2. The zero-order valence-corrected chi connectivity index (χ0v) is 24.5. The average molecular weight is 573 g/mol. The fourth-order valence-corrected chi connectivity index (χ4v) is 5.30. The standard InChI is InChI=1S/C38H36O5/c1-25(2)18-31-24-38(3,43-37-22-28(10-14-35(31)37)5-4-26-8-12-32(39)13-9-26)17-16-30-19-27(11-15-36(30)42)6-7-29-20-33(40)23-34(41)21-29/h4-23,31,39-42H,24H2,1-3H3. The molecule has 218 valence electrons. The van der Waals surface area contributed by atoms with Crippen LogP contribution in [0.1, 0.15) is 66.5 Å². The Morgan fingerprint density at radius 1 is 0.674 bits per heavy atom. The molecule has 1 aliphatic rings. The summed E-state index contributed by atoms with van der Waals surface area (Å²) in [5, 5.41) is 39.7. The van der Waals surface area contributed by atoms with Gasteiger partial charge in [-0.3, -0.25) is 0 Å². The van der Waals surface area contributed by atoms with E-state index < -0.39 is 5.60 Å². The number of allylic oxidation sites excluding steroid dienone is 2. The smallest absolute Gasteiger partial charge is 0.126 e. The second-order valence-electron chi connectivity index (χ2n) is 11.5. The molecule has 2 atom stereocenters. The molecule has 0 fully saturated rings. The van der Waals surface area contributed by atoms with Crippen LogP contribution < -0.4 is 4.74 Å². The molecule has 1 aliphatic heterocycles. The molecular formula is C38H36O5. The van der Waals surface area contributed by atoms with E-state index >= 15 is 0 Å². The van der Waals surface area contributed by atoms with Crippen LogP contribution in [0, 0.1) is 0 Å². The highest BCUT2D eigenvalue weighted by atomic mass is 16.5. The predicted octanol–water partition coefficient (Wildman–Crippen LogP) is 9.15. The molecule has 43 heavy (non-hydrogen) atoms. The van der Waals surface area contributed by atoms with Crippen molar-refractivity contribution in [2.24, 2.45) is 0 Å². The lowest BCUT2D eigenvalue weighted by Crippen LogP contribution is -2.35. The van der Waals surface area contributed by atoms with Crippen LogP contribution in [0.3, 0.4) is 0 Å². The molecule has 4 N–H and O–H groups in total. The summed E-state index contributed by atoms with van der Waals surface area (Å²) in [6.07, 6.45) is 14.6. The summed E-state index contributed by atoms with van der Waals surface area (Å²) < 4.78 is 6.63. The lowest BCUT2D eigenvalue weighted by Gasteiger charge is -2.37. The summed E-state index contributed by atoms with van der Waals surface area (Å²) in [7, 11) is 0. The van der Waals surface area contributed by atoms with E-state index in [1.807, 2.05) is 48.6 Å². The minimum Gasteiger partial charge on any atom is -0.508 e. The Hall–Kier alpha value is -5.16. The second-order valence-corrected chi connectivity index (χ2v) is 11.5. The van der Waals surface area contributed by atoms with Crippen molar-refractivity contribution in [3.63, 3.8) is 0 Å². The zero-order valence-electron chi connectivity index (χ0n) is 24.5. The van der Waals surface area contributed by atoms with Crippen LogP contribution in [0.5, 0.6) is 28.7 Å². The maximum Gasteiger partial charge on any atom is 0.126 e. The molecule has 0 bridgehead atoms. The third-order valence-corrected chi connectivity index (χ3v) is 7.36. The van der Waals surface area contributed by atoms with Crippen molar-refractivity contribution < 1.29 is 25.2 Å². The lowest BCUT2D eigenvalue weighted by molar-refractivity contribution is 0.108. The molecule has 5 heteroatoms. The molecule has 4 aromatic rings. The van der Waals surface area contributed by atoms with Gasteiger partial charge in [-0.05, 0) is 91.6 Å². The van der Waals surface area contributed by atoms with Crippen molar-refractivity contribution in [2.75, 3.05) is 0 Å². The van der Waals surface area contributed by atoms with Crippen molar-refractivity contribution in [1.29, 1.82) is 0 Å². The minimum absolute atomic E-state index is 0.0109. The average Bonchev–Trinajstić information content (AvgIpc) is 2.95. The monoisotopic (exact) mass is 572 g/mol. The van der Waals surface area contributed by atoms with Crippen LogP contribution in [-0.2, 0) is 0 Å². The van der Waals surface area contributed by atoms with E-state index in [-0.39, 0.29) is 28.9 Å². The first-order valence-corrected chi connectivity index (χ1v) is 14.2. The third-order valence-electron chi connectivity index (χ3n) is 7.36. The highest BCUT2D eigenvalue weighted by Gasteiger charge is 2.34. The van der Waals surface area contributed by atoms with Crippen LogP contribution in [0.25, 0.3) is 30.4 Å². The Kier molecular flexibility index (Phi) is 8.44. The van der Waals surface area contributed by atoms with E-state index in [1.165, 1.54) is 11.6 Å². The fraction of sp³-hybridized carbons (Fsp3) is 0.158. The zero-order chi connectivity index (χ0) is 30.6. The normalized spacial score (nSPS) is 18.2. The van der Waals surface area contributed by atoms with Crippen LogP contribution in [-0.4, -0.2) is 26.0 Å². The molecule has 0 saturated heterocycles. The van der Waals surface area contributed by atoms with Crippen molar-refractivity contribution in [1.82, 2.24) is 0 Å². The first kappa shape index (κ1) is 29.3. The van der Waals surface area contributed by atoms with Gasteiger partial charge in [-0.1, -0.05) is 72.4 Å². The molecule has 0 saturated carbocycles. The Morgan fingerprint density at radius 3 is 1.98 bits per heavy atom. The van der Waals surface area contributed by atoms with Gasteiger partial charge in [0.25, 0.3) is 0 Å². The molecule has 0 aliphatic carbocycles. The van der Waals surface area contributed by atoms with Gasteiger partial charge >= 0.3 is 0 Å². The van der Waals surface area contributed by atoms with Gasteiger partial charge in [0, 0.05) is 29.5 Å². The molecule has 0 radical (unpaired) electrons. The molecule has 0 aromatic heterocycles. The van der Waals surface area contributed by atoms with Gasteiger partial charge in [0.15, 0.2) is 0 Å². The molecule has 0 spiro atoms. The van der Waals surface area contributed by atoms with E-state index in [1.54, 1.807) is 42.5 Å². The number of aromatic hydroxyl groups is 4. The maximum absolute atomic E-state index is 10.6. The topological polar surface area (TPSA) is 90.2 Å².